The maximum Gasteiger partial charge on any atom is 0.258 e. The molecule has 1 atom stereocenters. The molecule has 0 aliphatic carbocycles. The molecule has 1 saturated heterocycles. The SMILES string of the molecule is CNc1snc(C)c1C(=O)N1CC[S@@](=O)C(C)(C)C1. The van der Waals surface area contributed by atoms with Crippen molar-refractivity contribution >= 4 is 33.2 Å². The van der Waals surface area contributed by atoms with Crippen LogP contribution in [0, 0.1) is 6.92 Å². The second kappa shape index (κ2) is 5.20. The van der Waals surface area contributed by atoms with Crippen LogP contribution in [-0.2, 0) is 10.8 Å². The molecule has 0 spiro atoms. The van der Waals surface area contributed by atoms with Gasteiger partial charge in [-0.2, -0.15) is 4.37 Å². The molecule has 0 unspecified atom stereocenters. The molecule has 0 radical (unpaired) electrons. The summed E-state index contributed by atoms with van der Waals surface area (Å²) in [5.74, 6) is 0.532. The summed E-state index contributed by atoms with van der Waals surface area (Å²) in [6.45, 7) is 6.81. The summed E-state index contributed by atoms with van der Waals surface area (Å²) in [5, 5.41) is 3.81. The number of amides is 1. The predicted molar refractivity (Wildman–Crippen MR) is 79.4 cm³/mol. The number of nitrogens with zero attached hydrogens (tertiary/aromatic N) is 2. The fourth-order valence-electron chi connectivity index (χ4n) is 2.20. The molecule has 1 fully saturated rings. The van der Waals surface area contributed by atoms with Gasteiger partial charge in [-0.1, -0.05) is 0 Å². The molecule has 2 rings (SSSR count). The summed E-state index contributed by atoms with van der Waals surface area (Å²) in [6, 6.07) is 0. The van der Waals surface area contributed by atoms with E-state index in [1.165, 1.54) is 11.5 Å². The summed E-state index contributed by atoms with van der Waals surface area (Å²) in [5.41, 5.74) is 1.40. The van der Waals surface area contributed by atoms with Crippen LogP contribution < -0.4 is 5.32 Å². The Bertz CT molecular complexity index is 525. The first-order valence-corrected chi connectivity index (χ1v) is 8.28. The highest BCUT2D eigenvalue weighted by Gasteiger charge is 2.36. The van der Waals surface area contributed by atoms with Gasteiger partial charge in [0.2, 0.25) is 0 Å². The van der Waals surface area contributed by atoms with Crippen LogP contribution in [0.25, 0.3) is 0 Å². The Balaban J connectivity index is 2.25. The monoisotopic (exact) mass is 301 g/mol. The van der Waals surface area contributed by atoms with Gasteiger partial charge in [-0.05, 0) is 32.3 Å². The molecule has 19 heavy (non-hydrogen) atoms. The van der Waals surface area contributed by atoms with Gasteiger partial charge in [0.15, 0.2) is 0 Å². The molecular formula is C12H19N3O2S2. The summed E-state index contributed by atoms with van der Waals surface area (Å²) in [7, 11) is 0.921. The fraction of sp³-hybridized carbons (Fsp3) is 0.667. The third-order valence-electron chi connectivity index (χ3n) is 3.33. The van der Waals surface area contributed by atoms with Gasteiger partial charge in [0.25, 0.3) is 5.91 Å². The number of carbonyl (C=O) groups excluding carboxylic acids is 1. The topological polar surface area (TPSA) is 62.3 Å². The molecule has 2 heterocycles. The molecule has 0 aromatic carbocycles. The Morgan fingerprint density at radius 2 is 2.21 bits per heavy atom. The molecule has 1 aliphatic heterocycles. The number of aryl methyl sites for hydroxylation is 1. The summed E-state index contributed by atoms with van der Waals surface area (Å²) in [4.78, 5) is 14.4. The van der Waals surface area contributed by atoms with Crippen molar-refractivity contribution in [3.63, 3.8) is 0 Å². The zero-order chi connectivity index (χ0) is 14.2. The average Bonchev–Trinajstić information content (AvgIpc) is 2.73. The fourth-order valence-corrected chi connectivity index (χ4v) is 4.18. The zero-order valence-electron chi connectivity index (χ0n) is 11.6. The molecule has 1 aliphatic rings. The van der Waals surface area contributed by atoms with E-state index in [2.05, 4.69) is 9.69 Å². The smallest absolute Gasteiger partial charge is 0.258 e. The summed E-state index contributed by atoms with van der Waals surface area (Å²) >= 11 is 1.30. The lowest BCUT2D eigenvalue weighted by Gasteiger charge is -2.37. The average molecular weight is 301 g/mol. The Morgan fingerprint density at radius 1 is 1.53 bits per heavy atom. The van der Waals surface area contributed by atoms with Crippen LogP contribution in [0.1, 0.15) is 29.9 Å². The lowest BCUT2D eigenvalue weighted by atomic mass is 10.1. The van der Waals surface area contributed by atoms with Gasteiger partial charge in [-0.25, -0.2) is 0 Å². The minimum absolute atomic E-state index is 0.0135. The van der Waals surface area contributed by atoms with Gasteiger partial charge >= 0.3 is 0 Å². The molecule has 0 bridgehead atoms. The quantitative estimate of drug-likeness (QED) is 0.898. The van der Waals surface area contributed by atoms with Gasteiger partial charge in [-0.3, -0.25) is 9.00 Å². The summed E-state index contributed by atoms with van der Waals surface area (Å²) < 4.78 is 15.8. The molecule has 7 heteroatoms. The van der Waals surface area contributed by atoms with Crippen molar-refractivity contribution in [1.29, 1.82) is 0 Å². The second-order valence-electron chi connectivity index (χ2n) is 5.26. The molecule has 106 valence electrons. The first-order valence-electron chi connectivity index (χ1n) is 6.18. The molecule has 1 aromatic heterocycles. The number of aromatic nitrogens is 1. The molecule has 1 N–H and O–H groups in total. The third-order valence-corrected chi connectivity index (χ3v) is 6.20. The molecule has 0 saturated carbocycles. The van der Waals surface area contributed by atoms with Crippen LogP contribution >= 0.6 is 11.5 Å². The van der Waals surface area contributed by atoms with Crippen molar-refractivity contribution in [3.05, 3.63) is 11.3 Å². The van der Waals surface area contributed by atoms with Crippen molar-refractivity contribution in [2.24, 2.45) is 0 Å². The van der Waals surface area contributed by atoms with E-state index >= 15 is 0 Å². The molecule has 5 nitrogen and oxygen atoms in total. The van der Waals surface area contributed by atoms with Gasteiger partial charge in [-0.15, -0.1) is 0 Å². The largest absolute Gasteiger partial charge is 0.378 e. The Kier molecular flexibility index (Phi) is 3.96. The van der Waals surface area contributed by atoms with Gasteiger partial charge in [0, 0.05) is 36.7 Å². The van der Waals surface area contributed by atoms with E-state index in [0.29, 0.717) is 24.4 Å². The lowest BCUT2D eigenvalue weighted by Crippen LogP contribution is -2.52. The predicted octanol–water partition coefficient (Wildman–Crippen LogP) is 1.48. The first kappa shape index (κ1) is 14.5. The van der Waals surface area contributed by atoms with E-state index < -0.39 is 10.8 Å². The first-order chi connectivity index (χ1) is 8.86. The highest BCUT2D eigenvalue weighted by Crippen LogP contribution is 2.28. The molecule has 1 amide bonds. The van der Waals surface area contributed by atoms with Gasteiger partial charge in [0.1, 0.15) is 5.00 Å². The minimum Gasteiger partial charge on any atom is -0.378 e. The van der Waals surface area contributed by atoms with E-state index in [1.807, 2.05) is 20.8 Å². The molecular weight excluding hydrogens is 282 g/mol. The maximum absolute atomic E-state index is 12.6. The minimum atomic E-state index is -0.870. The number of carbonyl (C=O) groups is 1. The van der Waals surface area contributed by atoms with Crippen LogP contribution in [0.2, 0.25) is 0 Å². The van der Waals surface area contributed by atoms with Crippen molar-refractivity contribution in [2.45, 2.75) is 25.5 Å². The number of nitrogens with one attached hydrogen (secondary N) is 1. The van der Waals surface area contributed by atoms with Crippen LogP contribution in [0.5, 0.6) is 0 Å². The van der Waals surface area contributed by atoms with Crippen molar-refractivity contribution in [2.75, 3.05) is 31.2 Å². The standard InChI is InChI=1S/C12H19N3O2S2/c1-8-9(10(13-4)18-14-8)11(16)15-5-6-19(17)12(2,3)7-15/h13H,5-7H2,1-4H3/t19-/m1/s1. The molecule has 1 aromatic rings. The van der Waals surface area contributed by atoms with Crippen LogP contribution in [0.3, 0.4) is 0 Å². The van der Waals surface area contributed by atoms with E-state index in [1.54, 1.807) is 11.9 Å². The van der Waals surface area contributed by atoms with Crippen LogP contribution in [0.15, 0.2) is 0 Å². The van der Waals surface area contributed by atoms with Crippen LogP contribution in [0.4, 0.5) is 5.00 Å². The van der Waals surface area contributed by atoms with Crippen molar-refractivity contribution < 1.29 is 9.00 Å². The number of anilines is 1. The second-order valence-corrected chi connectivity index (χ2v) is 8.24. The van der Waals surface area contributed by atoms with E-state index in [0.717, 1.165) is 10.7 Å². The number of hydrogen-bond acceptors (Lipinski definition) is 5. The highest BCUT2D eigenvalue weighted by molar-refractivity contribution is 7.86. The third kappa shape index (κ3) is 2.67. The van der Waals surface area contributed by atoms with Gasteiger partial charge in [0.05, 0.1) is 16.0 Å². The van der Waals surface area contributed by atoms with Crippen LogP contribution in [-0.4, -0.2) is 50.0 Å². The normalized spacial score (nSPS) is 22.3. The Morgan fingerprint density at radius 3 is 2.79 bits per heavy atom. The lowest BCUT2D eigenvalue weighted by molar-refractivity contribution is 0.0746. The zero-order valence-corrected chi connectivity index (χ0v) is 13.3. The van der Waals surface area contributed by atoms with Crippen molar-refractivity contribution in [3.8, 4) is 0 Å². The maximum atomic E-state index is 12.6. The number of rotatable bonds is 2. The van der Waals surface area contributed by atoms with E-state index in [9.17, 15) is 9.00 Å². The van der Waals surface area contributed by atoms with E-state index in [-0.39, 0.29) is 10.7 Å². The van der Waals surface area contributed by atoms with E-state index in [4.69, 9.17) is 0 Å². The van der Waals surface area contributed by atoms with Gasteiger partial charge < -0.3 is 10.2 Å². The van der Waals surface area contributed by atoms with Crippen molar-refractivity contribution in [1.82, 2.24) is 9.27 Å². The highest BCUT2D eigenvalue weighted by atomic mass is 32.2. The summed E-state index contributed by atoms with van der Waals surface area (Å²) in [6.07, 6.45) is 0. The Labute approximate surface area is 120 Å². The Hall–Kier alpha value is -0.950. The number of hydrogen-bond donors (Lipinski definition) is 1.